The molecular formula is C56H65N5O12S2. The summed E-state index contributed by atoms with van der Waals surface area (Å²) in [6.45, 7) is 13.3. The van der Waals surface area contributed by atoms with Crippen molar-refractivity contribution in [2.24, 2.45) is 0 Å². The summed E-state index contributed by atoms with van der Waals surface area (Å²) in [5.74, 6) is 6.52. The van der Waals surface area contributed by atoms with Gasteiger partial charge in [-0.1, -0.05) is 48.2 Å². The van der Waals surface area contributed by atoms with E-state index < -0.39 is 29.9 Å². The van der Waals surface area contributed by atoms with Crippen LogP contribution in [0.1, 0.15) is 57.2 Å². The van der Waals surface area contributed by atoms with Gasteiger partial charge in [0.2, 0.25) is 27.2 Å². The Morgan fingerprint density at radius 2 is 1.35 bits per heavy atom. The zero-order valence-electron chi connectivity index (χ0n) is 42.9. The Morgan fingerprint density at radius 1 is 0.707 bits per heavy atom. The number of rotatable bonds is 27. The summed E-state index contributed by atoms with van der Waals surface area (Å²) in [4.78, 5) is 28.6. The van der Waals surface area contributed by atoms with Gasteiger partial charge in [-0.3, -0.25) is 9.59 Å². The molecule has 398 valence electrons. The number of para-hydroxylation sites is 1. The number of anilines is 2. The first-order chi connectivity index (χ1) is 36.3. The summed E-state index contributed by atoms with van der Waals surface area (Å²) in [6.07, 6.45) is 0.258. The molecule has 3 aliphatic rings. The van der Waals surface area contributed by atoms with Crippen LogP contribution >= 0.6 is 0 Å². The molecule has 0 unspecified atom stereocenters. The van der Waals surface area contributed by atoms with E-state index in [0.29, 0.717) is 41.0 Å². The first-order valence-corrected chi connectivity index (χ1v) is 28.2. The molecule has 0 bridgehead atoms. The Balaban J connectivity index is 0.808. The first kappa shape index (κ1) is 56.3. The number of ether oxygens (including phenoxy) is 4. The number of hydrogen-bond acceptors (Lipinski definition) is 13. The third-order valence-electron chi connectivity index (χ3n) is 12.7. The van der Waals surface area contributed by atoms with Crippen LogP contribution in [0, 0.1) is 11.8 Å². The average molecular weight is 1060 g/mol. The maximum Gasteiger partial charge on any atom is 0.240 e. The minimum absolute atomic E-state index is 0.00703. The van der Waals surface area contributed by atoms with E-state index in [1.54, 1.807) is 4.90 Å². The third-order valence-corrected chi connectivity index (χ3v) is 15.0. The van der Waals surface area contributed by atoms with Crippen LogP contribution in [-0.2, 0) is 55.2 Å². The maximum atomic E-state index is 13.5. The topological polar surface area (TPSA) is 209 Å². The highest BCUT2D eigenvalue weighted by atomic mass is 32.2. The van der Waals surface area contributed by atoms with Crippen molar-refractivity contribution in [3.63, 3.8) is 0 Å². The highest BCUT2D eigenvalue weighted by molar-refractivity contribution is 7.89. The van der Waals surface area contributed by atoms with E-state index in [-0.39, 0.29) is 89.6 Å². The van der Waals surface area contributed by atoms with E-state index >= 15 is 0 Å². The monoisotopic (exact) mass is 1060 g/mol. The van der Waals surface area contributed by atoms with Gasteiger partial charge < -0.3 is 43.0 Å². The highest BCUT2D eigenvalue weighted by Gasteiger charge is 2.26. The predicted octanol–water partition coefficient (Wildman–Crippen LogP) is 5.95. The van der Waals surface area contributed by atoms with Crippen molar-refractivity contribution >= 4 is 54.3 Å². The highest BCUT2D eigenvalue weighted by Crippen LogP contribution is 2.43. The number of sulfonamides is 1. The van der Waals surface area contributed by atoms with E-state index in [1.165, 1.54) is 12.1 Å². The van der Waals surface area contributed by atoms with Crippen LogP contribution in [0.15, 0.2) is 117 Å². The van der Waals surface area contributed by atoms with Crippen LogP contribution in [0.3, 0.4) is 0 Å². The summed E-state index contributed by atoms with van der Waals surface area (Å²) < 4.78 is 99.1. The Labute approximate surface area is 439 Å². The molecule has 75 heavy (non-hydrogen) atoms. The van der Waals surface area contributed by atoms with Crippen LogP contribution in [0.4, 0.5) is 11.4 Å². The first-order valence-electron chi connectivity index (χ1n) is 25.3. The molecule has 2 aliphatic heterocycles. The normalized spacial score (nSPS) is 12.4. The summed E-state index contributed by atoms with van der Waals surface area (Å²) >= 11 is 0. The molecule has 0 saturated heterocycles. The molecule has 0 atom stereocenters. The molecule has 4 aromatic carbocycles. The Kier molecular flexibility index (Phi) is 20.1. The number of carbonyl (C=O) groups excluding carboxylic acids is 2. The molecule has 7 rings (SSSR count). The van der Waals surface area contributed by atoms with Gasteiger partial charge in [-0.05, 0) is 81.8 Å². The second-order valence-corrected chi connectivity index (χ2v) is 20.5. The van der Waals surface area contributed by atoms with Crippen molar-refractivity contribution in [2.45, 2.75) is 56.9 Å². The summed E-state index contributed by atoms with van der Waals surface area (Å²) in [5.41, 5.74) is 5.76. The lowest BCUT2D eigenvalue weighted by Gasteiger charge is -2.26. The molecule has 0 radical (unpaired) electrons. The second-order valence-electron chi connectivity index (χ2n) is 17.4. The van der Waals surface area contributed by atoms with Crippen LogP contribution < -0.4 is 29.8 Å². The Bertz CT molecular complexity index is 3280. The number of hydrogen-bond donors (Lipinski definition) is 2. The van der Waals surface area contributed by atoms with Gasteiger partial charge in [-0.2, -0.15) is 0 Å². The third kappa shape index (κ3) is 14.7. The van der Waals surface area contributed by atoms with Crippen LogP contribution in [-0.4, -0.2) is 125 Å². The molecule has 0 fully saturated rings. The molecular weight excluding hydrogens is 999 g/mol. The van der Waals surface area contributed by atoms with Crippen molar-refractivity contribution in [2.75, 3.05) is 102 Å². The summed E-state index contributed by atoms with van der Waals surface area (Å²) in [6, 6.07) is 30.1. The summed E-state index contributed by atoms with van der Waals surface area (Å²) in [5, 5.41) is 4.26. The minimum Gasteiger partial charge on any atom is -0.744 e. The molecule has 2 N–H and O–H groups in total. The largest absolute Gasteiger partial charge is 0.744 e. The smallest absolute Gasteiger partial charge is 0.240 e. The number of carbonyl (C=O) groups is 2. The van der Waals surface area contributed by atoms with E-state index in [0.717, 1.165) is 65.7 Å². The number of amides is 2. The molecule has 2 amide bonds. The van der Waals surface area contributed by atoms with Crippen molar-refractivity contribution in [1.82, 2.24) is 14.6 Å². The van der Waals surface area contributed by atoms with Crippen LogP contribution in [0.2, 0.25) is 0 Å². The molecule has 1 aliphatic carbocycles. The zero-order valence-corrected chi connectivity index (χ0v) is 44.5. The molecule has 0 saturated carbocycles. The lowest BCUT2D eigenvalue weighted by atomic mass is 9.93. The van der Waals surface area contributed by atoms with Gasteiger partial charge in [0.05, 0.1) is 80.9 Å². The van der Waals surface area contributed by atoms with Gasteiger partial charge in [0.15, 0.2) is 0 Å². The van der Waals surface area contributed by atoms with Crippen LogP contribution in [0.5, 0.6) is 0 Å². The number of fused-ring (bicyclic) bond motifs is 4. The fourth-order valence-corrected chi connectivity index (χ4v) is 10.6. The van der Waals surface area contributed by atoms with Crippen molar-refractivity contribution < 1.29 is 54.3 Å². The Morgan fingerprint density at radius 3 is 2.04 bits per heavy atom. The van der Waals surface area contributed by atoms with E-state index in [1.807, 2.05) is 113 Å². The van der Waals surface area contributed by atoms with Gasteiger partial charge >= 0.3 is 0 Å². The lowest BCUT2D eigenvalue weighted by Crippen LogP contribution is -2.35. The molecule has 19 heteroatoms. The molecule has 17 nitrogen and oxygen atoms in total. The zero-order chi connectivity index (χ0) is 53.4. The van der Waals surface area contributed by atoms with Crippen molar-refractivity contribution in [3.8, 4) is 34.3 Å². The molecule has 4 aromatic rings. The fraction of sp³-hybridized carbons (Fsp3) is 0.375. The number of nitrogens with zero attached hydrogens (tertiary/aromatic N) is 3. The lowest BCUT2D eigenvalue weighted by molar-refractivity contribution is -0.122. The minimum atomic E-state index is -5.20. The van der Waals surface area contributed by atoms with Gasteiger partial charge in [-0.15, -0.1) is 0 Å². The predicted molar refractivity (Wildman–Crippen MR) is 287 cm³/mol. The Hall–Kier alpha value is -6.47. The molecule has 0 aromatic heterocycles. The van der Waals surface area contributed by atoms with E-state index in [2.05, 4.69) is 31.4 Å². The molecule has 2 heterocycles. The summed E-state index contributed by atoms with van der Waals surface area (Å²) in [7, 11) is -9.47. The van der Waals surface area contributed by atoms with Crippen molar-refractivity contribution in [3.05, 3.63) is 125 Å². The average Bonchev–Trinajstić information content (AvgIpc) is 3.40. The van der Waals surface area contributed by atoms with Gasteiger partial charge in [0, 0.05) is 90.0 Å². The number of benzene rings is 5. The quantitative estimate of drug-likeness (QED) is 0.0201. The van der Waals surface area contributed by atoms with E-state index in [9.17, 15) is 31.0 Å². The SMILES string of the molecule is CCN(CC)c1ccc2c(-c3ccc(S(=O)(=O)NCCOCCOCCOCCOCCC(=O)NCCC(=O)N4Cc5ccccc5C#Cc5ccccc54)cc3S(=O)(=O)[O-])c3ccc(=[N+](CC)CC)cc-3oc2c1. The van der Waals surface area contributed by atoms with Crippen LogP contribution in [0.25, 0.3) is 33.4 Å². The maximum absolute atomic E-state index is 13.5. The van der Waals surface area contributed by atoms with Gasteiger partial charge in [0.1, 0.15) is 34.6 Å². The molecule has 0 spiro atoms. The standard InChI is InChI=1S/C56H65N5O12S2/c1-5-59(6-2)44-19-22-47-51(37-44)73-52-38-45(60(7-3)8-4)20-23-48(52)56(47)49-24-21-46(39-53(49)75(66,67)68)74(64,65)58-28-30-70-32-34-72-36-35-71-33-31-69-29-26-54(62)57-27-25-55(63)61-40-43-15-10-9-13-41(43)17-18-42-14-11-12-16-50(42)61/h9-16,19-24,37-39,58H,5-8,25-36,40H2,1-4H3,(H-,57,62,66,67,68). The fourth-order valence-electron chi connectivity index (χ4n) is 8.81. The number of nitrogens with one attached hydrogen (secondary N) is 2. The van der Waals surface area contributed by atoms with Gasteiger partial charge in [-0.25, -0.2) is 26.1 Å². The van der Waals surface area contributed by atoms with Crippen molar-refractivity contribution in [1.29, 1.82) is 0 Å². The van der Waals surface area contributed by atoms with Gasteiger partial charge in [0.25, 0.3) is 0 Å². The van der Waals surface area contributed by atoms with E-state index in [4.69, 9.17) is 23.4 Å². The second kappa shape index (κ2) is 26.8.